The summed E-state index contributed by atoms with van der Waals surface area (Å²) < 4.78 is 33.7. The van der Waals surface area contributed by atoms with Gasteiger partial charge in [0.1, 0.15) is 18.3 Å². The fraction of sp³-hybridized carbons (Fsp3) is 0.412. The highest BCUT2D eigenvalue weighted by Gasteiger charge is 2.55. The van der Waals surface area contributed by atoms with Crippen LogP contribution in [0, 0.1) is 0 Å². The molecule has 1 saturated heterocycles. The molecule has 0 saturated carbocycles. The molecule has 194 valence electrons. The standard InChI is InChI=1S/C17H23N3O13P2/c18-17(13(24)8-4-2-1-3-5-8)10(33-16(34(26,27)28)35(29,30)31)6-20(15(25)19-17)14-12(23)11(22)9(7-21)32-14/h1-6,9,11-12,14,16,21-23H,7,18H2,(H,19,25)(H2,26,27,28)(H2,29,30,31)/t9-,11-,12-,14-,17?/m1/s1. The predicted molar refractivity (Wildman–Crippen MR) is 113 cm³/mol. The van der Waals surface area contributed by atoms with Crippen molar-refractivity contribution in [2.24, 2.45) is 5.73 Å². The van der Waals surface area contributed by atoms with E-state index in [0.29, 0.717) is 11.1 Å². The summed E-state index contributed by atoms with van der Waals surface area (Å²) in [6.07, 6.45) is -5.98. The quantitative estimate of drug-likeness (QED) is 0.122. The van der Waals surface area contributed by atoms with Gasteiger partial charge in [0, 0.05) is 5.56 Å². The molecule has 0 aliphatic carbocycles. The van der Waals surface area contributed by atoms with Gasteiger partial charge in [-0.15, -0.1) is 0 Å². The molecule has 10 N–H and O–H groups in total. The summed E-state index contributed by atoms with van der Waals surface area (Å²) >= 11 is 0. The Morgan fingerprint density at radius 1 is 1.14 bits per heavy atom. The third-order valence-corrected chi connectivity index (χ3v) is 8.34. The van der Waals surface area contributed by atoms with Gasteiger partial charge < -0.3 is 49.7 Å². The molecule has 1 unspecified atom stereocenters. The molecular formula is C17H23N3O13P2. The predicted octanol–water partition coefficient (Wildman–Crippen LogP) is -2.51. The van der Waals surface area contributed by atoms with Crippen molar-refractivity contribution in [2.45, 2.75) is 35.8 Å². The first-order valence-electron chi connectivity index (χ1n) is 9.72. The summed E-state index contributed by atoms with van der Waals surface area (Å²) in [5, 5.41) is 31.5. The molecule has 0 radical (unpaired) electrons. The zero-order valence-electron chi connectivity index (χ0n) is 17.6. The minimum absolute atomic E-state index is 0.116. The molecule has 0 spiro atoms. The topological polar surface area (TPSA) is 270 Å². The molecule has 1 aromatic carbocycles. The number of nitrogens with zero attached hydrogens (tertiary/aromatic N) is 1. The van der Waals surface area contributed by atoms with E-state index in [1.807, 2.05) is 5.32 Å². The number of hydrogen-bond donors (Lipinski definition) is 9. The molecule has 18 heteroatoms. The molecule has 0 bridgehead atoms. The van der Waals surface area contributed by atoms with E-state index in [4.69, 9.17) is 15.2 Å². The Bertz CT molecular complexity index is 1080. The lowest BCUT2D eigenvalue weighted by Crippen LogP contribution is -2.69. The van der Waals surface area contributed by atoms with Crippen molar-refractivity contribution in [3.05, 3.63) is 47.9 Å². The van der Waals surface area contributed by atoms with E-state index < -0.39 is 75.2 Å². The second-order valence-corrected chi connectivity index (χ2v) is 11.4. The molecule has 2 aliphatic rings. The van der Waals surface area contributed by atoms with Crippen LogP contribution in [0.1, 0.15) is 10.4 Å². The van der Waals surface area contributed by atoms with Crippen LogP contribution in [-0.4, -0.2) is 94.0 Å². The molecule has 16 nitrogen and oxygen atoms in total. The Balaban J connectivity index is 2.12. The monoisotopic (exact) mass is 539 g/mol. The number of hydrogen-bond acceptors (Lipinski definition) is 10. The summed E-state index contributed by atoms with van der Waals surface area (Å²) in [7, 11) is -11.4. The third kappa shape index (κ3) is 5.33. The number of nitrogens with one attached hydrogen (secondary N) is 1. The van der Waals surface area contributed by atoms with Gasteiger partial charge in [0.15, 0.2) is 12.0 Å². The van der Waals surface area contributed by atoms with E-state index in [0.717, 1.165) is 0 Å². The van der Waals surface area contributed by atoms with Crippen LogP contribution >= 0.6 is 15.2 Å². The highest BCUT2D eigenvalue weighted by Crippen LogP contribution is 2.61. The zero-order chi connectivity index (χ0) is 26.3. The molecule has 2 amide bonds. The Labute approximate surface area is 196 Å². The molecule has 2 aliphatic heterocycles. The van der Waals surface area contributed by atoms with Crippen LogP contribution in [0.15, 0.2) is 42.3 Å². The number of ether oxygens (including phenoxy) is 2. The average molecular weight is 539 g/mol. The van der Waals surface area contributed by atoms with Crippen LogP contribution in [0.25, 0.3) is 0 Å². The molecule has 35 heavy (non-hydrogen) atoms. The number of Topliss-reactive ketones (excluding diaryl/α,β-unsaturated/α-hetero) is 1. The van der Waals surface area contributed by atoms with Gasteiger partial charge >= 0.3 is 21.2 Å². The lowest BCUT2D eigenvalue weighted by atomic mass is 9.95. The van der Waals surface area contributed by atoms with E-state index in [1.165, 1.54) is 24.3 Å². The van der Waals surface area contributed by atoms with Gasteiger partial charge in [0.2, 0.25) is 11.4 Å². The number of aliphatic hydroxyl groups is 3. The lowest BCUT2D eigenvalue weighted by molar-refractivity contribution is -0.0694. The Hall–Kier alpha value is -2.20. The smallest absolute Gasteiger partial charge is 0.378 e. The molecule has 2 heterocycles. The van der Waals surface area contributed by atoms with E-state index in [1.54, 1.807) is 6.07 Å². The van der Waals surface area contributed by atoms with Crippen molar-refractivity contribution in [3.8, 4) is 0 Å². The van der Waals surface area contributed by atoms with Crippen molar-refractivity contribution < 1.29 is 63.1 Å². The first-order valence-corrected chi connectivity index (χ1v) is 13.1. The van der Waals surface area contributed by atoms with Gasteiger partial charge in [-0.2, -0.15) is 0 Å². The van der Waals surface area contributed by atoms with Crippen LogP contribution in [0.2, 0.25) is 0 Å². The van der Waals surface area contributed by atoms with Crippen LogP contribution in [0.5, 0.6) is 0 Å². The summed E-state index contributed by atoms with van der Waals surface area (Å²) in [6, 6.07) is 5.76. The Kier molecular flexibility index (Phi) is 7.58. The fourth-order valence-corrected chi connectivity index (χ4v) is 5.51. The SMILES string of the molecule is NC1(C(=O)c2ccccc2)NC(=O)N([C@@H]2O[C@H](CO)[C@@H](O)[C@H]2O)C=C1OC(P(=O)(O)O)P(=O)(O)O. The van der Waals surface area contributed by atoms with Gasteiger partial charge in [-0.05, 0) is 0 Å². The minimum atomic E-state index is -5.70. The maximum atomic E-state index is 13.2. The second-order valence-electron chi connectivity index (χ2n) is 7.69. The number of aliphatic hydroxyl groups excluding tert-OH is 3. The number of rotatable bonds is 8. The second kappa shape index (κ2) is 9.69. The number of ketones is 1. The van der Waals surface area contributed by atoms with E-state index in [9.17, 15) is 53.6 Å². The Morgan fingerprint density at radius 2 is 1.71 bits per heavy atom. The molecule has 5 atom stereocenters. The minimum Gasteiger partial charge on any atom is -0.464 e. The summed E-state index contributed by atoms with van der Waals surface area (Å²) in [6.45, 7) is -0.761. The fourth-order valence-electron chi connectivity index (χ4n) is 3.44. The summed E-state index contributed by atoms with van der Waals surface area (Å²) in [5.41, 5.74) is 0.123. The normalized spacial score (nSPS) is 29.7. The van der Waals surface area contributed by atoms with Crippen molar-refractivity contribution in [2.75, 3.05) is 6.61 Å². The average Bonchev–Trinajstić information content (AvgIpc) is 3.05. The molecule has 3 rings (SSSR count). The number of amides is 2. The lowest BCUT2D eigenvalue weighted by Gasteiger charge is -2.40. The highest BCUT2D eigenvalue weighted by atomic mass is 31.2. The van der Waals surface area contributed by atoms with Gasteiger partial charge in [-0.3, -0.25) is 24.6 Å². The summed E-state index contributed by atoms with van der Waals surface area (Å²) in [4.78, 5) is 64.3. The van der Waals surface area contributed by atoms with Crippen LogP contribution in [0.3, 0.4) is 0 Å². The summed E-state index contributed by atoms with van der Waals surface area (Å²) in [5.74, 6) is -2.12. The number of urea groups is 1. The maximum Gasteiger partial charge on any atom is 0.378 e. The van der Waals surface area contributed by atoms with Gasteiger partial charge in [0.05, 0.1) is 12.8 Å². The van der Waals surface area contributed by atoms with Crippen LogP contribution in [0.4, 0.5) is 4.79 Å². The Morgan fingerprint density at radius 3 is 2.20 bits per heavy atom. The van der Waals surface area contributed by atoms with Crippen molar-refractivity contribution >= 4 is 27.0 Å². The number of carbonyl (C=O) groups is 2. The number of benzene rings is 1. The first kappa shape index (κ1) is 27.4. The maximum absolute atomic E-state index is 13.2. The molecule has 1 aromatic rings. The van der Waals surface area contributed by atoms with Crippen molar-refractivity contribution in [1.29, 1.82) is 0 Å². The largest absolute Gasteiger partial charge is 0.464 e. The number of carbonyl (C=O) groups excluding carboxylic acids is 2. The molecule has 1 fully saturated rings. The first-order chi connectivity index (χ1) is 16.1. The zero-order valence-corrected chi connectivity index (χ0v) is 19.3. The van der Waals surface area contributed by atoms with E-state index in [-0.39, 0.29) is 5.56 Å². The van der Waals surface area contributed by atoms with E-state index >= 15 is 0 Å². The number of nitrogens with two attached hydrogens (primary N) is 1. The van der Waals surface area contributed by atoms with Crippen LogP contribution in [-0.2, 0) is 18.6 Å². The molecular weight excluding hydrogens is 516 g/mol. The van der Waals surface area contributed by atoms with Crippen LogP contribution < -0.4 is 11.1 Å². The molecule has 0 aromatic heterocycles. The highest BCUT2D eigenvalue weighted by molar-refractivity contribution is 7.70. The van der Waals surface area contributed by atoms with Gasteiger partial charge in [-0.1, -0.05) is 30.3 Å². The third-order valence-electron chi connectivity index (χ3n) is 5.18. The van der Waals surface area contributed by atoms with Crippen molar-refractivity contribution in [3.63, 3.8) is 0 Å². The van der Waals surface area contributed by atoms with E-state index in [2.05, 4.69) is 0 Å². The van der Waals surface area contributed by atoms with Crippen molar-refractivity contribution in [1.82, 2.24) is 10.2 Å². The van der Waals surface area contributed by atoms with Gasteiger partial charge in [0.25, 0.3) is 5.59 Å². The van der Waals surface area contributed by atoms with Gasteiger partial charge in [-0.25, -0.2) is 4.79 Å².